The van der Waals surface area contributed by atoms with Crippen LogP contribution in [-0.2, 0) is 14.3 Å². The Bertz CT molecular complexity index is 559. The molecule has 23 heavy (non-hydrogen) atoms. The molecule has 0 aromatic heterocycles. The molecule has 1 fully saturated rings. The smallest absolute Gasteiger partial charge is 0.251 e. The van der Waals surface area contributed by atoms with E-state index in [-0.39, 0.29) is 11.8 Å². The van der Waals surface area contributed by atoms with Gasteiger partial charge >= 0.3 is 0 Å². The normalized spacial score (nSPS) is 18.8. The number of benzene rings is 1. The van der Waals surface area contributed by atoms with Crippen LogP contribution in [0.15, 0.2) is 43.0 Å². The lowest BCUT2D eigenvalue weighted by Gasteiger charge is -2.26. The minimum Gasteiger partial charge on any atom is -0.368 e. The van der Waals surface area contributed by atoms with Crippen LogP contribution >= 0.6 is 0 Å². The van der Waals surface area contributed by atoms with Crippen molar-refractivity contribution in [2.75, 3.05) is 25.1 Å². The minimum absolute atomic E-state index is 0.0367. The van der Waals surface area contributed by atoms with E-state index in [1.807, 2.05) is 30.3 Å². The van der Waals surface area contributed by atoms with Crippen LogP contribution in [-0.4, -0.2) is 49.1 Å². The van der Waals surface area contributed by atoms with Crippen LogP contribution in [0.4, 0.5) is 5.69 Å². The number of anilines is 1. The highest BCUT2D eigenvalue weighted by molar-refractivity contribution is 6.01. The quantitative estimate of drug-likeness (QED) is 0.572. The Morgan fingerprint density at radius 1 is 1.48 bits per heavy atom. The zero-order chi connectivity index (χ0) is 16.8. The fourth-order valence-corrected chi connectivity index (χ4v) is 2.73. The van der Waals surface area contributed by atoms with Crippen LogP contribution in [0, 0.1) is 0 Å². The van der Waals surface area contributed by atoms with Crippen LogP contribution < -0.4 is 4.90 Å². The van der Waals surface area contributed by atoms with E-state index in [9.17, 15) is 9.59 Å². The van der Waals surface area contributed by atoms with Crippen molar-refractivity contribution in [3.05, 3.63) is 43.0 Å². The van der Waals surface area contributed by atoms with Crippen LogP contribution in [0.5, 0.6) is 0 Å². The zero-order valence-corrected chi connectivity index (χ0v) is 13.8. The molecule has 1 heterocycles. The van der Waals surface area contributed by atoms with Crippen molar-refractivity contribution < 1.29 is 14.3 Å². The topological polar surface area (TPSA) is 49.9 Å². The Kier molecular flexibility index (Phi) is 5.93. The summed E-state index contributed by atoms with van der Waals surface area (Å²) < 4.78 is 5.48. The molecular formula is C18H24N2O3. The van der Waals surface area contributed by atoms with Gasteiger partial charge in [-0.1, -0.05) is 24.3 Å². The van der Waals surface area contributed by atoms with E-state index in [4.69, 9.17) is 4.74 Å². The van der Waals surface area contributed by atoms with E-state index in [1.54, 1.807) is 24.9 Å². The summed E-state index contributed by atoms with van der Waals surface area (Å²) >= 11 is 0. The summed E-state index contributed by atoms with van der Waals surface area (Å²) in [6, 6.07) is 9.11. The van der Waals surface area contributed by atoms with Gasteiger partial charge in [-0.3, -0.25) is 9.59 Å². The molecular weight excluding hydrogens is 292 g/mol. The molecule has 1 aromatic rings. The van der Waals surface area contributed by atoms with Gasteiger partial charge in [0.05, 0.1) is 6.61 Å². The molecule has 2 amide bonds. The van der Waals surface area contributed by atoms with E-state index in [1.165, 1.54) is 4.90 Å². The highest BCUT2D eigenvalue weighted by Crippen LogP contribution is 2.24. The molecule has 0 spiro atoms. The highest BCUT2D eigenvalue weighted by Gasteiger charge is 2.38. The molecule has 0 aliphatic carbocycles. The first-order valence-corrected chi connectivity index (χ1v) is 7.92. The highest BCUT2D eigenvalue weighted by atomic mass is 16.5. The van der Waals surface area contributed by atoms with E-state index < -0.39 is 12.1 Å². The van der Waals surface area contributed by atoms with Gasteiger partial charge in [0.25, 0.3) is 5.91 Å². The van der Waals surface area contributed by atoms with Crippen LogP contribution in [0.1, 0.15) is 19.8 Å². The average molecular weight is 316 g/mol. The Morgan fingerprint density at radius 3 is 2.83 bits per heavy atom. The number of amides is 2. The summed E-state index contributed by atoms with van der Waals surface area (Å²) in [7, 11) is 1.67. The molecule has 0 N–H and O–H groups in total. The van der Waals surface area contributed by atoms with Crippen LogP contribution in [0.3, 0.4) is 0 Å². The second kappa shape index (κ2) is 7.92. The van der Waals surface area contributed by atoms with Crippen molar-refractivity contribution in [1.29, 1.82) is 0 Å². The maximum absolute atomic E-state index is 12.6. The summed E-state index contributed by atoms with van der Waals surface area (Å²) in [4.78, 5) is 28.3. The lowest BCUT2D eigenvalue weighted by molar-refractivity contribution is -0.146. The van der Waals surface area contributed by atoms with E-state index in [0.717, 1.165) is 5.69 Å². The number of para-hydroxylation sites is 1. The molecule has 1 aliphatic rings. The minimum atomic E-state index is -0.557. The number of nitrogens with zero attached hydrogens (tertiary/aromatic N) is 2. The fourth-order valence-electron chi connectivity index (χ4n) is 2.73. The van der Waals surface area contributed by atoms with Crippen molar-refractivity contribution in [1.82, 2.24) is 4.90 Å². The zero-order valence-electron chi connectivity index (χ0n) is 13.8. The maximum atomic E-state index is 12.6. The molecule has 0 radical (unpaired) electrons. The predicted molar refractivity (Wildman–Crippen MR) is 90.2 cm³/mol. The van der Waals surface area contributed by atoms with E-state index >= 15 is 0 Å². The number of rotatable bonds is 7. The predicted octanol–water partition coefficient (Wildman–Crippen LogP) is 2.23. The van der Waals surface area contributed by atoms with Gasteiger partial charge in [-0.05, 0) is 31.9 Å². The molecule has 5 heteroatoms. The first-order chi connectivity index (χ1) is 11.1. The molecule has 5 nitrogen and oxygen atoms in total. The molecule has 2 rings (SSSR count). The summed E-state index contributed by atoms with van der Waals surface area (Å²) in [6.07, 6.45) is 2.53. The summed E-state index contributed by atoms with van der Waals surface area (Å²) in [5.41, 5.74) is 0.871. The van der Waals surface area contributed by atoms with Crippen LogP contribution in [0.25, 0.3) is 0 Å². The average Bonchev–Trinajstić information content (AvgIpc) is 2.96. The Morgan fingerprint density at radius 2 is 2.17 bits per heavy atom. The molecule has 2 atom stereocenters. The van der Waals surface area contributed by atoms with Gasteiger partial charge in [0, 0.05) is 19.3 Å². The van der Waals surface area contributed by atoms with Crippen molar-refractivity contribution in [2.24, 2.45) is 0 Å². The van der Waals surface area contributed by atoms with Crippen molar-refractivity contribution in [2.45, 2.75) is 31.9 Å². The third-order valence-electron chi connectivity index (χ3n) is 4.10. The van der Waals surface area contributed by atoms with Gasteiger partial charge < -0.3 is 14.5 Å². The molecule has 0 saturated carbocycles. The van der Waals surface area contributed by atoms with E-state index in [2.05, 4.69) is 6.58 Å². The molecule has 1 aromatic carbocycles. The number of likely N-dealkylation sites (N-methyl/N-ethyl adjacent to an activating group) is 1. The number of hydrogen-bond donors (Lipinski definition) is 0. The van der Waals surface area contributed by atoms with Gasteiger partial charge in [-0.25, -0.2) is 0 Å². The van der Waals surface area contributed by atoms with Crippen molar-refractivity contribution in [3.8, 4) is 0 Å². The number of hydrogen-bond acceptors (Lipinski definition) is 3. The third-order valence-corrected chi connectivity index (χ3v) is 4.10. The van der Waals surface area contributed by atoms with Gasteiger partial charge in [-0.2, -0.15) is 0 Å². The first-order valence-electron chi connectivity index (χ1n) is 7.92. The third kappa shape index (κ3) is 3.99. The summed E-state index contributed by atoms with van der Waals surface area (Å²) in [5.74, 6) is -0.201. The second-order valence-corrected chi connectivity index (χ2v) is 5.67. The standard InChI is InChI=1S/C18H24N2O3/c1-4-5-13-23-14(2)17(21)19(3)16-11-12-20(18(16)22)15-9-7-6-8-10-15/h4,6-10,14,16H,1,5,11-13H2,2-3H3. The van der Waals surface area contributed by atoms with Crippen LogP contribution in [0.2, 0.25) is 0 Å². The molecule has 1 saturated heterocycles. The summed E-state index contributed by atoms with van der Waals surface area (Å²) in [6.45, 7) is 6.42. The van der Waals surface area contributed by atoms with Crippen molar-refractivity contribution in [3.63, 3.8) is 0 Å². The Balaban J connectivity index is 1.97. The monoisotopic (exact) mass is 316 g/mol. The first kappa shape index (κ1) is 17.2. The van der Waals surface area contributed by atoms with Gasteiger partial charge in [0.2, 0.25) is 5.91 Å². The van der Waals surface area contributed by atoms with Gasteiger partial charge in [0.1, 0.15) is 12.1 Å². The Labute approximate surface area is 137 Å². The van der Waals surface area contributed by atoms with Crippen molar-refractivity contribution >= 4 is 17.5 Å². The summed E-state index contributed by atoms with van der Waals surface area (Å²) in [5, 5.41) is 0. The van der Waals surface area contributed by atoms with E-state index in [0.29, 0.717) is 26.0 Å². The SMILES string of the molecule is C=CCCOC(C)C(=O)N(C)C1CCN(c2ccccc2)C1=O. The largest absolute Gasteiger partial charge is 0.368 e. The lowest BCUT2D eigenvalue weighted by atomic mass is 10.2. The second-order valence-electron chi connectivity index (χ2n) is 5.67. The number of ether oxygens (including phenoxy) is 1. The molecule has 1 aliphatic heterocycles. The number of carbonyl (C=O) groups excluding carboxylic acids is 2. The maximum Gasteiger partial charge on any atom is 0.251 e. The molecule has 0 bridgehead atoms. The molecule has 2 unspecified atom stereocenters. The number of carbonyl (C=O) groups is 2. The van der Waals surface area contributed by atoms with Gasteiger partial charge in [-0.15, -0.1) is 6.58 Å². The van der Waals surface area contributed by atoms with Gasteiger partial charge in [0.15, 0.2) is 0 Å². The molecule has 124 valence electrons. The lowest BCUT2D eigenvalue weighted by Crippen LogP contribution is -2.46. The Hall–Kier alpha value is -2.14. The fraction of sp³-hybridized carbons (Fsp3) is 0.444.